The molecule has 0 fully saturated rings. The Kier molecular flexibility index (Phi) is 6.72. The number of thioether (sulfide) groups is 1. The Morgan fingerprint density at radius 3 is 2.75 bits per heavy atom. The van der Waals surface area contributed by atoms with Gasteiger partial charge in [0.15, 0.2) is 11.0 Å². The predicted octanol–water partition coefficient (Wildman–Crippen LogP) is 3.82. The molecular formula is C22H21N5O3S2. The van der Waals surface area contributed by atoms with E-state index in [0.29, 0.717) is 22.2 Å². The van der Waals surface area contributed by atoms with E-state index in [2.05, 4.69) is 15.5 Å². The minimum Gasteiger partial charge on any atom is -0.467 e. The molecule has 0 radical (unpaired) electrons. The number of anilines is 1. The van der Waals surface area contributed by atoms with E-state index < -0.39 is 0 Å². The van der Waals surface area contributed by atoms with Gasteiger partial charge in [0.25, 0.3) is 5.91 Å². The summed E-state index contributed by atoms with van der Waals surface area (Å²) in [6.07, 6.45) is 1.56. The van der Waals surface area contributed by atoms with Crippen LogP contribution in [0.1, 0.15) is 16.1 Å². The Balaban J connectivity index is 1.41. The van der Waals surface area contributed by atoms with Gasteiger partial charge in [-0.25, -0.2) is 0 Å². The van der Waals surface area contributed by atoms with Crippen LogP contribution >= 0.6 is 23.1 Å². The SMILES string of the molecule is CN(C(=O)CSc1nnc(-c2cccs2)n1C)c1ccccc1C(=O)NCc1ccco1. The molecule has 0 saturated carbocycles. The van der Waals surface area contributed by atoms with E-state index in [9.17, 15) is 9.59 Å². The molecule has 32 heavy (non-hydrogen) atoms. The summed E-state index contributed by atoms with van der Waals surface area (Å²) in [6, 6.07) is 14.5. The van der Waals surface area contributed by atoms with Gasteiger partial charge in [-0.1, -0.05) is 30.0 Å². The van der Waals surface area contributed by atoms with Crippen LogP contribution in [0, 0.1) is 0 Å². The van der Waals surface area contributed by atoms with E-state index >= 15 is 0 Å². The molecule has 4 rings (SSSR count). The lowest BCUT2D eigenvalue weighted by Gasteiger charge is -2.20. The van der Waals surface area contributed by atoms with Crippen LogP contribution in [0.4, 0.5) is 5.69 Å². The molecule has 0 aliphatic heterocycles. The fourth-order valence-corrected chi connectivity index (χ4v) is 4.62. The van der Waals surface area contributed by atoms with Crippen molar-refractivity contribution in [3.05, 3.63) is 71.5 Å². The Morgan fingerprint density at radius 2 is 2.00 bits per heavy atom. The molecule has 0 bridgehead atoms. The molecule has 2 amide bonds. The number of amides is 2. The zero-order valence-corrected chi connectivity index (χ0v) is 19.2. The van der Waals surface area contributed by atoms with Crippen LogP contribution in [0.5, 0.6) is 0 Å². The van der Waals surface area contributed by atoms with Crippen molar-refractivity contribution in [3.8, 4) is 10.7 Å². The first-order chi connectivity index (χ1) is 15.5. The molecule has 8 nitrogen and oxygen atoms in total. The van der Waals surface area contributed by atoms with E-state index in [0.717, 1.165) is 10.7 Å². The van der Waals surface area contributed by atoms with E-state index in [1.54, 1.807) is 61.0 Å². The molecule has 0 atom stereocenters. The van der Waals surface area contributed by atoms with Crippen molar-refractivity contribution in [2.24, 2.45) is 7.05 Å². The quantitative estimate of drug-likeness (QED) is 0.396. The minimum atomic E-state index is -0.279. The van der Waals surface area contributed by atoms with Crippen molar-refractivity contribution in [1.29, 1.82) is 0 Å². The molecule has 1 N–H and O–H groups in total. The molecule has 10 heteroatoms. The second-order valence-corrected chi connectivity index (χ2v) is 8.75. The molecule has 0 saturated heterocycles. The van der Waals surface area contributed by atoms with Crippen molar-refractivity contribution in [2.45, 2.75) is 11.7 Å². The number of benzene rings is 1. The summed E-state index contributed by atoms with van der Waals surface area (Å²) in [4.78, 5) is 28.1. The molecule has 164 valence electrons. The van der Waals surface area contributed by atoms with Gasteiger partial charge in [-0.3, -0.25) is 9.59 Å². The van der Waals surface area contributed by atoms with Gasteiger partial charge < -0.3 is 19.2 Å². The first-order valence-electron chi connectivity index (χ1n) is 9.77. The maximum atomic E-state index is 12.9. The first-order valence-corrected chi connectivity index (χ1v) is 11.6. The van der Waals surface area contributed by atoms with Crippen LogP contribution in [0.2, 0.25) is 0 Å². The molecule has 0 spiro atoms. The number of furan rings is 1. The Morgan fingerprint density at radius 1 is 1.16 bits per heavy atom. The standard InChI is InChI=1S/C22H21N5O3S2/c1-26(17-9-4-3-8-16(17)21(29)23-13-15-7-5-11-30-15)19(28)14-32-22-25-24-20(27(22)2)18-10-6-12-31-18/h3-12H,13-14H2,1-2H3,(H,23,29). The van der Waals surface area contributed by atoms with Crippen molar-refractivity contribution in [1.82, 2.24) is 20.1 Å². The van der Waals surface area contributed by atoms with Gasteiger partial charge in [0.1, 0.15) is 5.76 Å². The van der Waals surface area contributed by atoms with Crippen molar-refractivity contribution >= 4 is 40.6 Å². The summed E-state index contributed by atoms with van der Waals surface area (Å²) in [6.45, 7) is 0.270. The van der Waals surface area contributed by atoms with Gasteiger partial charge in [0, 0.05) is 14.1 Å². The number of nitrogens with zero attached hydrogens (tertiary/aromatic N) is 4. The van der Waals surface area contributed by atoms with Gasteiger partial charge in [-0.05, 0) is 35.7 Å². The fraction of sp³-hybridized carbons (Fsp3) is 0.182. The maximum absolute atomic E-state index is 12.9. The van der Waals surface area contributed by atoms with Crippen LogP contribution in [-0.4, -0.2) is 39.4 Å². The summed E-state index contributed by atoms with van der Waals surface area (Å²) in [5.74, 6) is 1.15. The number of thiophene rings is 1. The number of rotatable bonds is 8. The number of carbonyl (C=O) groups is 2. The lowest BCUT2D eigenvalue weighted by molar-refractivity contribution is -0.115. The summed E-state index contributed by atoms with van der Waals surface area (Å²) >= 11 is 2.89. The highest BCUT2D eigenvalue weighted by Gasteiger charge is 2.20. The largest absolute Gasteiger partial charge is 0.467 e. The number of hydrogen-bond donors (Lipinski definition) is 1. The highest BCUT2D eigenvalue weighted by atomic mass is 32.2. The van der Waals surface area contributed by atoms with Gasteiger partial charge in [0.2, 0.25) is 5.91 Å². The van der Waals surface area contributed by atoms with Gasteiger partial charge >= 0.3 is 0 Å². The number of nitrogens with one attached hydrogen (secondary N) is 1. The minimum absolute atomic E-state index is 0.151. The van der Waals surface area contributed by atoms with Gasteiger partial charge in [-0.2, -0.15) is 0 Å². The molecular weight excluding hydrogens is 446 g/mol. The highest BCUT2D eigenvalue weighted by Crippen LogP contribution is 2.27. The Hall–Kier alpha value is -3.37. The third-order valence-corrected chi connectivity index (χ3v) is 6.66. The average Bonchev–Trinajstić information content (AvgIpc) is 3.58. The third kappa shape index (κ3) is 4.76. The number of para-hydroxylation sites is 1. The van der Waals surface area contributed by atoms with Crippen LogP contribution in [-0.2, 0) is 18.4 Å². The summed E-state index contributed by atoms with van der Waals surface area (Å²) in [7, 11) is 3.54. The van der Waals surface area contributed by atoms with Gasteiger partial charge in [-0.15, -0.1) is 21.5 Å². The summed E-state index contributed by atoms with van der Waals surface area (Å²) < 4.78 is 7.13. The second-order valence-electron chi connectivity index (χ2n) is 6.86. The lowest BCUT2D eigenvalue weighted by Crippen LogP contribution is -2.31. The second kappa shape index (κ2) is 9.84. The van der Waals surface area contributed by atoms with E-state index in [4.69, 9.17) is 4.42 Å². The topological polar surface area (TPSA) is 93.3 Å². The molecule has 4 aromatic rings. The van der Waals surface area contributed by atoms with E-state index in [1.165, 1.54) is 16.7 Å². The fourth-order valence-electron chi connectivity index (χ4n) is 3.05. The first kappa shape index (κ1) is 21.8. The Labute approximate surface area is 193 Å². The van der Waals surface area contributed by atoms with Crippen molar-refractivity contribution < 1.29 is 14.0 Å². The van der Waals surface area contributed by atoms with Crippen LogP contribution in [0.25, 0.3) is 10.7 Å². The number of carbonyl (C=O) groups excluding carboxylic acids is 2. The third-order valence-electron chi connectivity index (χ3n) is 4.79. The monoisotopic (exact) mass is 467 g/mol. The molecule has 3 heterocycles. The molecule has 3 aromatic heterocycles. The lowest BCUT2D eigenvalue weighted by atomic mass is 10.1. The smallest absolute Gasteiger partial charge is 0.253 e. The van der Waals surface area contributed by atoms with Gasteiger partial charge in [0.05, 0.1) is 34.7 Å². The maximum Gasteiger partial charge on any atom is 0.253 e. The van der Waals surface area contributed by atoms with Crippen molar-refractivity contribution in [2.75, 3.05) is 17.7 Å². The summed E-state index contributed by atoms with van der Waals surface area (Å²) in [5, 5.41) is 13.9. The van der Waals surface area contributed by atoms with Crippen LogP contribution in [0.15, 0.2) is 69.7 Å². The van der Waals surface area contributed by atoms with E-state index in [1.807, 2.05) is 29.1 Å². The zero-order chi connectivity index (χ0) is 22.5. The van der Waals surface area contributed by atoms with E-state index in [-0.39, 0.29) is 24.1 Å². The van der Waals surface area contributed by atoms with Crippen molar-refractivity contribution in [3.63, 3.8) is 0 Å². The normalized spacial score (nSPS) is 10.8. The molecule has 0 aliphatic carbocycles. The highest BCUT2D eigenvalue weighted by molar-refractivity contribution is 7.99. The van der Waals surface area contributed by atoms with Crippen LogP contribution < -0.4 is 10.2 Å². The summed E-state index contributed by atoms with van der Waals surface area (Å²) in [5.41, 5.74) is 0.950. The molecule has 0 aliphatic rings. The molecule has 0 unspecified atom stereocenters. The molecule has 1 aromatic carbocycles. The average molecular weight is 468 g/mol. The zero-order valence-electron chi connectivity index (χ0n) is 17.5. The number of aromatic nitrogens is 3. The predicted molar refractivity (Wildman–Crippen MR) is 125 cm³/mol. The number of hydrogen-bond acceptors (Lipinski definition) is 7. The van der Waals surface area contributed by atoms with Crippen LogP contribution in [0.3, 0.4) is 0 Å². The Bertz CT molecular complexity index is 1200.